The van der Waals surface area contributed by atoms with Crippen LogP contribution in [0.4, 0.5) is 5.69 Å². The fourth-order valence-corrected chi connectivity index (χ4v) is 4.22. The number of benzene rings is 2. The largest absolute Gasteiger partial charge is 0.493 e. The molecule has 3 rings (SSSR count). The summed E-state index contributed by atoms with van der Waals surface area (Å²) in [5, 5.41) is 9.48. The second kappa shape index (κ2) is 8.71. The highest BCUT2D eigenvalue weighted by atomic mass is 79.9. The Hall–Kier alpha value is -2.78. The number of rotatable bonds is 5. The molecular weight excluding hydrogens is 460 g/mol. The van der Waals surface area contributed by atoms with Crippen LogP contribution in [0, 0.1) is 0 Å². The fraction of sp³-hybridized carbons (Fsp3) is 0.150. The third kappa shape index (κ3) is 4.46. The van der Waals surface area contributed by atoms with E-state index in [2.05, 4.69) is 20.9 Å². The molecule has 0 aromatic heterocycles. The van der Waals surface area contributed by atoms with Crippen molar-refractivity contribution >= 4 is 56.5 Å². The number of likely N-dealkylation sites (N-methyl/N-ethyl adjacent to an activating group) is 1. The first-order valence-electron chi connectivity index (χ1n) is 8.35. The van der Waals surface area contributed by atoms with Crippen LogP contribution in [-0.4, -0.2) is 48.3 Å². The molecule has 1 saturated heterocycles. The SMILES string of the molecule is COc1cc(/C=C2\SC(=Nc3ccc(C(=O)O)cc3)N(C)C2=O)cc(Br)c1OC. The van der Waals surface area contributed by atoms with Gasteiger partial charge in [0.25, 0.3) is 5.91 Å². The van der Waals surface area contributed by atoms with Crippen molar-refractivity contribution in [3.8, 4) is 11.5 Å². The molecule has 29 heavy (non-hydrogen) atoms. The Labute approximate surface area is 180 Å². The lowest BCUT2D eigenvalue weighted by Crippen LogP contribution is -2.23. The van der Waals surface area contributed by atoms with Crippen molar-refractivity contribution in [2.45, 2.75) is 0 Å². The van der Waals surface area contributed by atoms with Crippen LogP contribution in [0.25, 0.3) is 6.08 Å². The number of halogens is 1. The second-order valence-corrected chi connectivity index (χ2v) is 7.82. The Morgan fingerprint density at radius 2 is 1.90 bits per heavy atom. The van der Waals surface area contributed by atoms with Gasteiger partial charge in [0.05, 0.1) is 34.8 Å². The van der Waals surface area contributed by atoms with Crippen LogP contribution in [0.1, 0.15) is 15.9 Å². The molecule has 0 aliphatic carbocycles. The molecule has 2 aromatic carbocycles. The molecule has 0 spiro atoms. The second-order valence-electron chi connectivity index (χ2n) is 5.96. The van der Waals surface area contributed by atoms with Gasteiger partial charge < -0.3 is 14.6 Å². The van der Waals surface area contributed by atoms with E-state index in [1.165, 1.54) is 28.8 Å². The van der Waals surface area contributed by atoms with Crippen molar-refractivity contribution in [2.75, 3.05) is 21.3 Å². The Bertz CT molecular complexity index is 1030. The highest BCUT2D eigenvalue weighted by molar-refractivity contribution is 9.10. The number of carbonyl (C=O) groups excluding carboxylic acids is 1. The number of hydrogen-bond acceptors (Lipinski definition) is 6. The van der Waals surface area contributed by atoms with Gasteiger partial charge in [0.15, 0.2) is 16.7 Å². The smallest absolute Gasteiger partial charge is 0.335 e. The van der Waals surface area contributed by atoms with Crippen molar-refractivity contribution in [1.82, 2.24) is 4.90 Å². The van der Waals surface area contributed by atoms with E-state index < -0.39 is 5.97 Å². The zero-order chi connectivity index (χ0) is 21.1. The van der Waals surface area contributed by atoms with Crippen LogP contribution < -0.4 is 9.47 Å². The maximum atomic E-state index is 12.6. The minimum atomic E-state index is -1.00. The van der Waals surface area contributed by atoms with E-state index in [9.17, 15) is 9.59 Å². The summed E-state index contributed by atoms with van der Waals surface area (Å²) >= 11 is 4.69. The Balaban J connectivity index is 1.90. The molecule has 1 amide bonds. The zero-order valence-corrected chi connectivity index (χ0v) is 18.2. The van der Waals surface area contributed by atoms with Crippen molar-refractivity contribution in [2.24, 2.45) is 4.99 Å². The average molecular weight is 477 g/mol. The third-order valence-corrected chi connectivity index (χ3v) is 5.75. The first kappa shape index (κ1) is 20.9. The summed E-state index contributed by atoms with van der Waals surface area (Å²) in [6, 6.07) is 9.76. The molecule has 1 fully saturated rings. The minimum absolute atomic E-state index is 0.178. The van der Waals surface area contributed by atoms with E-state index >= 15 is 0 Å². The quantitative estimate of drug-likeness (QED) is 0.643. The summed E-state index contributed by atoms with van der Waals surface area (Å²) in [5.41, 5.74) is 1.51. The topological polar surface area (TPSA) is 88.4 Å². The summed E-state index contributed by atoms with van der Waals surface area (Å²) in [6.45, 7) is 0. The standard InChI is InChI=1S/C20H17BrN2O5S/c1-23-18(24)16(10-11-8-14(21)17(28-3)15(9-11)27-2)29-20(23)22-13-6-4-12(5-7-13)19(25)26/h4-10H,1-3H3,(H,25,26)/b16-10-,22-20?. The van der Waals surface area contributed by atoms with Gasteiger partial charge >= 0.3 is 5.97 Å². The van der Waals surface area contributed by atoms with E-state index in [0.717, 1.165) is 5.56 Å². The Morgan fingerprint density at radius 3 is 2.48 bits per heavy atom. The number of carboxylic acid groups (broad SMARTS) is 1. The number of thioether (sulfide) groups is 1. The van der Waals surface area contributed by atoms with Gasteiger partial charge in [-0.3, -0.25) is 9.69 Å². The zero-order valence-electron chi connectivity index (χ0n) is 15.8. The molecule has 0 atom stereocenters. The molecule has 150 valence electrons. The van der Waals surface area contributed by atoms with E-state index in [4.69, 9.17) is 14.6 Å². The summed E-state index contributed by atoms with van der Waals surface area (Å²) in [4.78, 5) is 30.0. The number of aliphatic imine (C=N–C) groups is 1. The number of amides is 1. The number of nitrogens with zero attached hydrogens (tertiary/aromatic N) is 2. The molecule has 0 bridgehead atoms. The maximum Gasteiger partial charge on any atom is 0.335 e. The Morgan fingerprint density at radius 1 is 1.21 bits per heavy atom. The van der Waals surface area contributed by atoms with Gasteiger partial charge in [-0.25, -0.2) is 9.79 Å². The average Bonchev–Trinajstić information content (AvgIpc) is 2.95. The van der Waals surface area contributed by atoms with Crippen LogP contribution in [0.2, 0.25) is 0 Å². The van der Waals surface area contributed by atoms with Crippen LogP contribution in [0.3, 0.4) is 0 Å². The fourth-order valence-electron chi connectivity index (χ4n) is 2.61. The molecule has 0 saturated carbocycles. The van der Waals surface area contributed by atoms with Crippen LogP contribution >= 0.6 is 27.7 Å². The van der Waals surface area contributed by atoms with Crippen LogP contribution in [0.15, 0.2) is 50.8 Å². The van der Waals surface area contributed by atoms with Gasteiger partial charge in [-0.15, -0.1) is 0 Å². The summed E-state index contributed by atoms with van der Waals surface area (Å²) in [5.74, 6) is -0.0611. The maximum absolute atomic E-state index is 12.6. The summed E-state index contributed by atoms with van der Waals surface area (Å²) < 4.78 is 11.4. The molecule has 1 N–H and O–H groups in total. The molecule has 0 radical (unpaired) electrons. The molecule has 0 unspecified atom stereocenters. The normalized spacial score (nSPS) is 16.6. The first-order chi connectivity index (χ1) is 13.8. The van der Waals surface area contributed by atoms with Crippen molar-refractivity contribution in [3.05, 3.63) is 56.9 Å². The van der Waals surface area contributed by atoms with Gasteiger partial charge in [0.2, 0.25) is 0 Å². The van der Waals surface area contributed by atoms with E-state index in [-0.39, 0.29) is 11.5 Å². The monoisotopic (exact) mass is 476 g/mol. The lowest BCUT2D eigenvalue weighted by atomic mass is 10.2. The third-order valence-electron chi connectivity index (χ3n) is 4.10. The van der Waals surface area contributed by atoms with Crippen molar-refractivity contribution in [1.29, 1.82) is 0 Å². The van der Waals surface area contributed by atoms with Gasteiger partial charge in [-0.05, 0) is 75.7 Å². The van der Waals surface area contributed by atoms with Gasteiger partial charge in [-0.1, -0.05) is 0 Å². The van der Waals surface area contributed by atoms with Crippen LogP contribution in [0.5, 0.6) is 11.5 Å². The van der Waals surface area contributed by atoms with Gasteiger partial charge in [0, 0.05) is 7.05 Å². The van der Waals surface area contributed by atoms with Crippen molar-refractivity contribution < 1.29 is 24.2 Å². The lowest BCUT2D eigenvalue weighted by Gasteiger charge is -2.10. The predicted molar refractivity (Wildman–Crippen MR) is 116 cm³/mol. The number of carboxylic acids is 1. The molecule has 7 nitrogen and oxygen atoms in total. The number of carbonyl (C=O) groups is 2. The lowest BCUT2D eigenvalue weighted by molar-refractivity contribution is -0.121. The van der Waals surface area contributed by atoms with E-state index in [0.29, 0.717) is 31.7 Å². The van der Waals surface area contributed by atoms with Gasteiger partial charge in [0.1, 0.15) is 0 Å². The first-order valence-corrected chi connectivity index (χ1v) is 9.96. The molecular formula is C20H17BrN2O5S. The summed E-state index contributed by atoms with van der Waals surface area (Å²) in [7, 11) is 4.74. The number of amidine groups is 1. The van der Waals surface area contributed by atoms with Crippen molar-refractivity contribution in [3.63, 3.8) is 0 Å². The number of ether oxygens (including phenoxy) is 2. The number of methoxy groups -OCH3 is 2. The molecule has 2 aromatic rings. The van der Waals surface area contributed by atoms with Gasteiger partial charge in [-0.2, -0.15) is 0 Å². The number of aromatic carboxylic acids is 1. The molecule has 1 aliphatic rings. The highest BCUT2D eigenvalue weighted by Gasteiger charge is 2.30. The molecule has 1 heterocycles. The minimum Gasteiger partial charge on any atom is -0.493 e. The number of hydrogen-bond donors (Lipinski definition) is 1. The Kier molecular flexibility index (Phi) is 6.29. The highest BCUT2D eigenvalue weighted by Crippen LogP contribution is 2.39. The summed E-state index contributed by atoms with van der Waals surface area (Å²) in [6.07, 6.45) is 1.76. The molecule has 1 aliphatic heterocycles. The predicted octanol–water partition coefficient (Wildman–Crippen LogP) is 4.40. The van der Waals surface area contributed by atoms with Crippen LogP contribution in [-0.2, 0) is 4.79 Å². The molecule has 9 heteroatoms. The van der Waals surface area contributed by atoms with E-state index in [1.54, 1.807) is 45.5 Å². The van der Waals surface area contributed by atoms with E-state index in [1.807, 2.05) is 6.07 Å².